The number of hydrogen-bond acceptors (Lipinski definition) is 5. The third kappa shape index (κ3) is 2.91. The number of pyridine rings is 1. The fraction of sp³-hybridized carbons (Fsp3) is 0.364. The predicted molar refractivity (Wildman–Crippen MR) is 66.6 cm³/mol. The number of aromatic nitrogens is 1. The van der Waals surface area contributed by atoms with Gasteiger partial charge in [-0.15, -0.1) is 0 Å². The smallest absolute Gasteiger partial charge is 0.271 e. The molecule has 0 aromatic carbocycles. The second-order valence-corrected chi connectivity index (χ2v) is 4.51. The minimum Gasteiger partial charge on any atom is -0.277 e. The maximum atomic E-state index is 11.8. The van der Waals surface area contributed by atoms with Crippen molar-refractivity contribution in [1.82, 2.24) is 4.98 Å². The number of hydrogen-bond donors (Lipinski definition) is 0. The van der Waals surface area contributed by atoms with Crippen molar-refractivity contribution in [2.75, 3.05) is 11.4 Å². The number of carbonyl (C=O) groups is 1. The van der Waals surface area contributed by atoms with Gasteiger partial charge in [0.15, 0.2) is 0 Å². The Hall–Kier alpha value is -1.78. The second-order valence-electron chi connectivity index (χ2n) is 3.38. The highest BCUT2D eigenvalue weighted by Gasteiger charge is 2.24. The molecule has 1 amide bonds. The van der Waals surface area contributed by atoms with E-state index in [1.165, 1.54) is 19.4 Å². The first-order chi connectivity index (χ1) is 8.54. The highest BCUT2D eigenvalue weighted by atomic mass is 32.2. The van der Waals surface area contributed by atoms with Gasteiger partial charge in [0, 0.05) is 18.3 Å². The molecule has 6 nitrogen and oxygen atoms in total. The van der Waals surface area contributed by atoms with E-state index >= 15 is 0 Å². The van der Waals surface area contributed by atoms with Crippen molar-refractivity contribution in [3.63, 3.8) is 0 Å². The molecule has 1 unspecified atom stereocenters. The fourth-order valence-corrected chi connectivity index (χ4v) is 2.07. The Morgan fingerprint density at radius 3 is 2.83 bits per heavy atom. The molecule has 0 aliphatic carbocycles. The van der Waals surface area contributed by atoms with Gasteiger partial charge in [-0.1, -0.05) is 6.92 Å². The zero-order valence-electron chi connectivity index (χ0n) is 10.3. The Balaban J connectivity index is 3.37. The second kappa shape index (κ2) is 6.23. The lowest BCUT2D eigenvalue weighted by Crippen LogP contribution is -2.33. The predicted octanol–water partition coefficient (Wildman–Crippen LogP) is 1.23. The summed E-state index contributed by atoms with van der Waals surface area (Å²) in [7, 11) is 1.23. The van der Waals surface area contributed by atoms with E-state index in [-0.39, 0.29) is 17.7 Å². The molecule has 7 heteroatoms. The summed E-state index contributed by atoms with van der Waals surface area (Å²) in [6.07, 6.45) is 1.49. The van der Waals surface area contributed by atoms with Crippen molar-refractivity contribution >= 4 is 22.9 Å². The minimum absolute atomic E-state index is 0.154. The molecule has 0 aliphatic heterocycles. The summed E-state index contributed by atoms with van der Waals surface area (Å²) >= 11 is -1.96. The molecular formula is C11H13N3O3S. The highest BCUT2D eigenvalue weighted by molar-refractivity contribution is 7.82. The van der Waals surface area contributed by atoms with Gasteiger partial charge in [0.1, 0.15) is 6.07 Å². The molecule has 1 aromatic rings. The van der Waals surface area contributed by atoms with Crippen molar-refractivity contribution in [2.24, 2.45) is 0 Å². The number of rotatable bonds is 4. The van der Waals surface area contributed by atoms with Crippen molar-refractivity contribution < 1.29 is 13.2 Å². The van der Waals surface area contributed by atoms with Crippen LogP contribution in [-0.4, -0.2) is 22.2 Å². The zero-order valence-corrected chi connectivity index (χ0v) is 11.2. The Morgan fingerprint density at radius 2 is 2.33 bits per heavy atom. The number of aryl methyl sites for hydroxylation is 1. The van der Waals surface area contributed by atoms with Crippen molar-refractivity contribution in [2.45, 2.75) is 20.3 Å². The zero-order chi connectivity index (χ0) is 13.7. The molecule has 1 heterocycles. The lowest BCUT2D eigenvalue weighted by Gasteiger charge is -2.20. The Labute approximate surface area is 108 Å². The summed E-state index contributed by atoms with van der Waals surface area (Å²) < 4.78 is 17.4. The Bertz CT molecular complexity index is 509. The van der Waals surface area contributed by atoms with Crippen molar-refractivity contribution in [1.29, 1.82) is 5.26 Å². The third-order valence-corrected chi connectivity index (χ3v) is 3.16. The number of nitriles is 1. The SMILES string of the molecule is CCC(=O)N(c1cc(C)ncc1C#N)S(=O)OC. The lowest BCUT2D eigenvalue weighted by molar-refractivity contribution is -0.117. The lowest BCUT2D eigenvalue weighted by atomic mass is 10.2. The molecule has 0 spiro atoms. The van der Waals surface area contributed by atoms with Gasteiger partial charge in [0.05, 0.1) is 18.4 Å². The van der Waals surface area contributed by atoms with Crippen molar-refractivity contribution in [3.05, 3.63) is 23.5 Å². The maximum absolute atomic E-state index is 11.8. The van der Waals surface area contributed by atoms with Crippen LogP contribution >= 0.6 is 0 Å². The topological polar surface area (TPSA) is 83.3 Å². The summed E-state index contributed by atoms with van der Waals surface area (Å²) in [5.74, 6) is -0.391. The van der Waals surface area contributed by atoms with Crippen molar-refractivity contribution in [3.8, 4) is 6.07 Å². The summed E-state index contributed by atoms with van der Waals surface area (Å²) in [6, 6.07) is 3.45. The van der Waals surface area contributed by atoms with Gasteiger partial charge in [-0.2, -0.15) is 5.26 Å². The summed E-state index contributed by atoms with van der Waals surface area (Å²) in [4.78, 5) is 15.8. The number of anilines is 1. The van der Waals surface area contributed by atoms with E-state index in [1.54, 1.807) is 13.8 Å². The summed E-state index contributed by atoms with van der Waals surface area (Å²) in [6.45, 7) is 3.36. The number of carbonyl (C=O) groups excluding carboxylic acids is 1. The van der Waals surface area contributed by atoms with Gasteiger partial charge >= 0.3 is 0 Å². The number of nitrogens with zero attached hydrogens (tertiary/aromatic N) is 3. The van der Waals surface area contributed by atoms with E-state index in [4.69, 9.17) is 5.26 Å². The quantitative estimate of drug-likeness (QED) is 0.819. The van der Waals surface area contributed by atoms with Crippen LogP contribution in [0.25, 0.3) is 0 Å². The van der Waals surface area contributed by atoms with Gasteiger partial charge in [0.25, 0.3) is 11.3 Å². The molecule has 0 aliphatic rings. The molecule has 0 bridgehead atoms. The summed E-state index contributed by atoms with van der Waals surface area (Å²) in [5, 5.41) is 9.00. The molecule has 1 atom stereocenters. The first-order valence-electron chi connectivity index (χ1n) is 5.21. The molecule has 1 aromatic heterocycles. The monoisotopic (exact) mass is 267 g/mol. The van der Waals surface area contributed by atoms with Crippen LogP contribution in [0.2, 0.25) is 0 Å². The maximum Gasteiger partial charge on any atom is 0.271 e. The molecule has 96 valence electrons. The van der Waals surface area contributed by atoms with Crippen LogP contribution in [0.1, 0.15) is 24.6 Å². The van der Waals surface area contributed by atoms with Crippen LogP contribution in [0.4, 0.5) is 5.69 Å². The molecule has 1 rings (SSSR count). The first kappa shape index (κ1) is 14.3. The molecule has 0 saturated heterocycles. The van der Waals surface area contributed by atoms with Crippen LogP contribution in [0.15, 0.2) is 12.3 Å². The molecule has 0 fully saturated rings. The average Bonchev–Trinajstić information content (AvgIpc) is 2.38. The van der Waals surface area contributed by atoms with Crippen LogP contribution in [-0.2, 0) is 20.2 Å². The van der Waals surface area contributed by atoms with E-state index in [0.717, 1.165) is 4.31 Å². The molecule has 0 radical (unpaired) electrons. The van der Waals surface area contributed by atoms with E-state index in [9.17, 15) is 9.00 Å². The van der Waals surface area contributed by atoms with Gasteiger partial charge < -0.3 is 0 Å². The Kier molecular flexibility index (Phi) is 4.95. The molecule has 0 N–H and O–H groups in total. The molecular weight excluding hydrogens is 254 g/mol. The van der Waals surface area contributed by atoms with Gasteiger partial charge in [-0.3, -0.25) is 14.0 Å². The van der Waals surface area contributed by atoms with Crippen LogP contribution in [0.5, 0.6) is 0 Å². The Morgan fingerprint density at radius 1 is 1.67 bits per heavy atom. The van der Waals surface area contributed by atoms with Crippen LogP contribution in [0, 0.1) is 18.3 Å². The fourth-order valence-electron chi connectivity index (χ4n) is 1.32. The van der Waals surface area contributed by atoms with Gasteiger partial charge in [-0.25, -0.2) is 8.51 Å². The van der Waals surface area contributed by atoms with E-state index < -0.39 is 17.2 Å². The first-order valence-corrected chi connectivity index (χ1v) is 6.24. The van der Waals surface area contributed by atoms with Gasteiger partial charge in [0.2, 0.25) is 5.91 Å². The standard InChI is InChI=1S/C11H13N3O3S/c1-4-11(15)14(18(16)17-3)10-5-8(2)13-7-9(10)6-12/h5,7H,4H2,1-3H3. The highest BCUT2D eigenvalue weighted by Crippen LogP contribution is 2.23. The van der Waals surface area contributed by atoms with E-state index in [0.29, 0.717) is 5.69 Å². The average molecular weight is 267 g/mol. The van der Waals surface area contributed by atoms with Crippen LogP contribution < -0.4 is 4.31 Å². The molecule has 18 heavy (non-hydrogen) atoms. The van der Waals surface area contributed by atoms with E-state index in [2.05, 4.69) is 9.17 Å². The van der Waals surface area contributed by atoms with Crippen LogP contribution in [0.3, 0.4) is 0 Å². The van der Waals surface area contributed by atoms with Gasteiger partial charge in [-0.05, 0) is 13.0 Å². The normalized spacial score (nSPS) is 11.7. The number of amides is 1. The third-order valence-electron chi connectivity index (χ3n) is 2.18. The van der Waals surface area contributed by atoms with E-state index in [1.807, 2.05) is 6.07 Å². The minimum atomic E-state index is -1.96. The largest absolute Gasteiger partial charge is 0.277 e. The molecule has 0 saturated carbocycles. The summed E-state index contributed by atoms with van der Waals surface area (Å²) in [5.41, 5.74) is 1.04.